The molecule has 1 atom stereocenters. The summed E-state index contributed by atoms with van der Waals surface area (Å²) in [4.78, 5) is 24.7. The molecule has 9 heteroatoms. The Bertz CT molecular complexity index is 1270. The summed E-state index contributed by atoms with van der Waals surface area (Å²) in [5.41, 5.74) is 1.07. The minimum absolute atomic E-state index is 0.191. The summed E-state index contributed by atoms with van der Waals surface area (Å²) in [6.07, 6.45) is 5.83. The molecule has 1 aliphatic heterocycles. The van der Waals surface area contributed by atoms with E-state index in [0.717, 1.165) is 5.69 Å². The number of rotatable bonds is 4. The quantitative estimate of drug-likeness (QED) is 0.512. The van der Waals surface area contributed by atoms with Crippen molar-refractivity contribution in [1.29, 1.82) is 0 Å². The number of hydrogen-bond donors (Lipinski definition) is 0. The van der Waals surface area contributed by atoms with Gasteiger partial charge < -0.3 is 18.9 Å². The van der Waals surface area contributed by atoms with Crippen LogP contribution in [-0.4, -0.2) is 33.1 Å². The first-order valence-electron chi connectivity index (χ1n) is 9.14. The summed E-state index contributed by atoms with van der Waals surface area (Å²) in [6, 6.07) is 10.1. The van der Waals surface area contributed by atoms with Gasteiger partial charge in [-0.25, -0.2) is 9.97 Å². The summed E-state index contributed by atoms with van der Waals surface area (Å²) >= 11 is 0. The molecule has 1 aliphatic rings. The number of ether oxygens (including phenoxy) is 4. The molecule has 0 N–H and O–H groups in total. The highest BCUT2D eigenvalue weighted by atomic mass is 16.6. The van der Waals surface area contributed by atoms with Crippen molar-refractivity contribution in [3.8, 4) is 28.9 Å². The molecular formula is C21H16N4O5. The van der Waals surface area contributed by atoms with E-state index in [0.29, 0.717) is 34.5 Å². The van der Waals surface area contributed by atoms with Crippen LogP contribution in [0.2, 0.25) is 0 Å². The maximum atomic E-state index is 12.0. The van der Waals surface area contributed by atoms with E-state index in [1.165, 1.54) is 22.9 Å². The zero-order valence-corrected chi connectivity index (χ0v) is 15.9. The molecule has 0 fully saturated rings. The summed E-state index contributed by atoms with van der Waals surface area (Å²) in [5.74, 6) is 2.42. The van der Waals surface area contributed by atoms with Crippen LogP contribution in [0.3, 0.4) is 0 Å². The molecule has 0 aliphatic carbocycles. The summed E-state index contributed by atoms with van der Waals surface area (Å²) < 4.78 is 24.1. The predicted octanol–water partition coefficient (Wildman–Crippen LogP) is 2.80. The van der Waals surface area contributed by atoms with Crippen LogP contribution in [0.5, 0.6) is 28.9 Å². The highest BCUT2D eigenvalue weighted by Gasteiger charge is 2.25. The van der Waals surface area contributed by atoms with E-state index in [1.54, 1.807) is 37.7 Å². The molecule has 0 bridgehead atoms. The SMILES string of the molecule is COc1ccc([C@H]2COc3cc(Oc4ccc5nccc(=O)n5c4)cnc3O2)nc1. The monoisotopic (exact) mass is 404 g/mol. The normalized spacial score (nSPS) is 15.0. The van der Waals surface area contributed by atoms with Crippen molar-refractivity contribution >= 4 is 5.65 Å². The first kappa shape index (κ1) is 17.9. The number of nitrogens with zero attached hydrogens (tertiary/aromatic N) is 4. The van der Waals surface area contributed by atoms with Crippen molar-refractivity contribution < 1.29 is 18.9 Å². The Labute approximate surface area is 170 Å². The van der Waals surface area contributed by atoms with Gasteiger partial charge in [-0.3, -0.25) is 14.2 Å². The third-order valence-corrected chi connectivity index (χ3v) is 4.56. The van der Waals surface area contributed by atoms with E-state index in [1.807, 2.05) is 12.1 Å². The lowest BCUT2D eigenvalue weighted by atomic mass is 10.2. The van der Waals surface area contributed by atoms with Gasteiger partial charge in [-0.05, 0) is 24.3 Å². The molecule has 9 nitrogen and oxygen atoms in total. The van der Waals surface area contributed by atoms with Gasteiger partial charge in [0.25, 0.3) is 11.4 Å². The zero-order chi connectivity index (χ0) is 20.5. The largest absolute Gasteiger partial charge is 0.495 e. The second-order valence-corrected chi connectivity index (χ2v) is 6.49. The van der Waals surface area contributed by atoms with Crippen molar-refractivity contribution in [2.24, 2.45) is 0 Å². The highest BCUT2D eigenvalue weighted by Crippen LogP contribution is 2.37. The second kappa shape index (κ2) is 7.36. The zero-order valence-electron chi connectivity index (χ0n) is 15.9. The average Bonchev–Trinajstić information content (AvgIpc) is 2.79. The lowest BCUT2D eigenvalue weighted by Gasteiger charge is -2.25. The number of fused-ring (bicyclic) bond motifs is 2. The molecule has 0 aromatic carbocycles. The van der Waals surface area contributed by atoms with E-state index in [9.17, 15) is 4.79 Å². The molecule has 5 rings (SSSR count). The number of pyridine rings is 3. The molecule has 5 heterocycles. The van der Waals surface area contributed by atoms with E-state index >= 15 is 0 Å². The lowest BCUT2D eigenvalue weighted by Crippen LogP contribution is -2.23. The van der Waals surface area contributed by atoms with E-state index in [-0.39, 0.29) is 18.3 Å². The van der Waals surface area contributed by atoms with Crippen LogP contribution in [0.1, 0.15) is 11.8 Å². The van der Waals surface area contributed by atoms with Crippen LogP contribution in [0.15, 0.2) is 66.0 Å². The van der Waals surface area contributed by atoms with Gasteiger partial charge >= 0.3 is 0 Å². The number of aromatic nitrogens is 4. The molecule has 0 radical (unpaired) electrons. The van der Waals surface area contributed by atoms with Gasteiger partial charge in [0, 0.05) is 18.3 Å². The molecule has 4 aromatic heterocycles. The standard InChI is InChI=1S/C21H16N4O5/c1-27-13-2-4-16(23-9-13)18-12-28-17-8-15(10-24-21(17)30-18)29-14-3-5-19-22-7-6-20(26)25(19)11-14/h2-11,18H,12H2,1H3/t18-/m1/s1. The fourth-order valence-electron chi connectivity index (χ4n) is 3.05. The topological polar surface area (TPSA) is 97.1 Å². The van der Waals surface area contributed by atoms with Crippen molar-refractivity contribution in [1.82, 2.24) is 19.4 Å². The van der Waals surface area contributed by atoms with Crippen molar-refractivity contribution in [3.63, 3.8) is 0 Å². The molecular weight excluding hydrogens is 388 g/mol. The average molecular weight is 404 g/mol. The Kier molecular flexibility index (Phi) is 4.40. The Morgan fingerprint density at radius 1 is 1.03 bits per heavy atom. The second-order valence-electron chi connectivity index (χ2n) is 6.49. The van der Waals surface area contributed by atoms with E-state index in [4.69, 9.17) is 18.9 Å². The van der Waals surface area contributed by atoms with Crippen molar-refractivity contribution in [2.45, 2.75) is 6.10 Å². The highest BCUT2D eigenvalue weighted by molar-refractivity contribution is 5.44. The van der Waals surface area contributed by atoms with Gasteiger partial charge in [-0.2, -0.15) is 0 Å². The Balaban J connectivity index is 1.35. The van der Waals surface area contributed by atoms with Gasteiger partial charge in [0.2, 0.25) is 0 Å². The number of hydrogen-bond acceptors (Lipinski definition) is 8. The van der Waals surface area contributed by atoms with Crippen molar-refractivity contribution in [3.05, 3.63) is 77.2 Å². The van der Waals surface area contributed by atoms with Crippen LogP contribution >= 0.6 is 0 Å². The molecule has 0 amide bonds. The van der Waals surface area contributed by atoms with E-state index in [2.05, 4.69) is 15.0 Å². The molecule has 150 valence electrons. The summed E-state index contributed by atoms with van der Waals surface area (Å²) in [7, 11) is 1.59. The minimum Gasteiger partial charge on any atom is -0.495 e. The van der Waals surface area contributed by atoms with E-state index < -0.39 is 0 Å². The smallest absolute Gasteiger partial charge is 0.258 e. The number of methoxy groups -OCH3 is 1. The Hall–Kier alpha value is -4.14. The van der Waals surface area contributed by atoms with Crippen LogP contribution in [0.25, 0.3) is 5.65 Å². The predicted molar refractivity (Wildman–Crippen MR) is 105 cm³/mol. The van der Waals surface area contributed by atoms with Crippen molar-refractivity contribution in [2.75, 3.05) is 13.7 Å². The Morgan fingerprint density at radius 3 is 2.73 bits per heavy atom. The van der Waals surface area contributed by atoms with Gasteiger partial charge in [0.1, 0.15) is 29.5 Å². The van der Waals surface area contributed by atoms with Crippen LogP contribution in [-0.2, 0) is 0 Å². The first-order chi connectivity index (χ1) is 14.7. The van der Waals surface area contributed by atoms with Gasteiger partial charge in [-0.15, -0.1) is 0 Å². The maximum Gasteiger partial charge on any atom is 0.258 e. The van der Waals surface area contributed by atoms with Crippen LogP contribution in [0, 0.1) is 0 Å². The van der Waals surface area contributed by atoms with Gasteiger partial charge in [-0.1, -0.05) is 0 Å². The fourth-order valence-corrected chi connectivity index (χ4v) is 3.05. The third kappa shape index (κ3) is 3.37. The fraction of sp³-hybridized carbons (Fsp3) is 0.143. The molecule has 0 spiro atoms. The molecule has 0 unspecified atom stereocenters. The van der Waals surface area contributed by atoms with Crippen LogP contribution < -0.4 is 24.5 Å². The van der Waals surface area contributed by atoms with Crippen LogP contribution in [0.4, 0.5) is 0 Å². The third-order valence-electron chi connectivity index (χ3n) is 4.56. The molecule has 0 saturated heterocycles. The summed E-state index contributed by atoms with van der Waals surface area (Å²) in [5, 5.41) is 0. The maximum absolute atomic E-state index is 12.0. The Morgan fingerprint density at radius 2 is 1.90 bits per heavy atom. The molecule has 4 aromatic rings. The summed E-state index contributed by atoms with van der Waals surface area (Å²) in [6.45, 7) is 0.286. The molecule has 30 heavy (non-hydrogen) atoms. The van der Waals surface area contributed by atoms with Gasteiger partial charge in [0.05, 0.1) is 31.4 Å². The molecule has 0 saturated carbocycles. The van der Waals surface area contributed by atoms with Gasteiger partial charge in [0.15, 0.2) is 11.9 Å². The first-order valence-corrected chi connectivity index (χ1v) is 9.14. The minimum atomic E-state index is -0.373. The lowest BCUT2D eigenvalue weighted by molar-refractivity contribution is 0.0817.